The molecule has 0 aliphatic heterocycles. The van der Waals surface area contributed by atoms with Gasteiger partial charge in [-0.3, -0.25) is 4.79 Å². The molecule has 0 saturated carbocycles. The zero-order valence-electron chi connectivity index (χ0n) is 17.2. The SMILES string of the molecule is O=C(O)/C=C/c1ccc(Oc2c(C(=O)c3ccccc3C(F)(F)F)sc3cc(O)ccc23)cc1. The number of aromatic hydroxyl groups is 1. The molecule has 2 N–H and O–H groups in total. The molecule has 1 aromatic heterocycles. The fourth-order valence-electron chi connectivity index (χ4n) is 3.30. The summed E-state index contributed by atoms with van der Waals surface area (Å²) in [5.41, 5.74) is -0.976. The summed E-state index contributed by atoms with van der Waals surface area (Å²) in [5, 5.41) is 19.0. The first-order valence-corrected chi connectivity index (χ1v) is 10.6. The fourth-order valence-corrected chi connectivity index (χ4v) is 4.41. The first-order chi connectivity index (χ1) is 16.1. The van der Waals surface area contributed by atoms with Gasteiger partial charge in [-0.15, -0.1) is 11.3 Å². The number of carboxylic acids is 1. The summed E-state index contributed by atoms with van der Waals surface area (Å²) in [6.45, 7) is 0. The van der Waals surface area contributed by atoms with E-state index in [1.165, 1.54) is 36.4 Å². The lowest BCUT2D eigenvalue weighted by Gasteiger charge is -2.12. The van der Waals surface area contributed by atoms with Crippen molar-refractivity contribution in [2.45, 2.75) is 6.18 Å². The zero-order chi connectivity index (χ0) is 24.5. The van der Waals surface area contributed by atoms with Gasteiger partial charge in [-0.2, -0.15) is 13.2 Å². The third-order valence-corrected chi connectivity index (χ3v) is 5.96. The Kier molecular flexibility index (Phi) is 6.12. The molecule has 4 rings (SSSR count). The van der Waals surface area contributed by atoms with Gasteiger partial charge in [-0.05, 0) is 48.0 Å². The van der Waals surface area contributed by atoms with E-state index in [4.69, 9.17) is 9.84 Å². The van der Waals surface area contributed by atoms with Gasteiger partial charge in [-0.25, -0.2) is 4.79 Å². The molecule has 0 aliphatic rings. The van der Waals surface area contributed by atoms with Crippen molar-refractivity contribution in [1.82, 2.24) is 0 Å². The van der Waals surface area contributed by atoms with Gasteiger partial charge >= 0.3 is 12.1 Å². The van der Waals surface area contributed by atoms with Gasteiger partial charge in [0.2, 0.25) is 5.78 Å². The Morgan fingerprint density at radius 1 is 0.971 bits per heavy atom. The largest absolute Gasteiger partial charge is 0.508 e. The molecule has 0 amide bonds. The molecule has 1 heterocycles. The summed E-state index contributed by atoms with van der Waals surface area (Å²) < 4.78 is 47.0. The van der Waals surface area contributed by atoms with Gasteiger partial charge < -0.3 is 14.9 Å². The molecule has 0 spiro atoms. The Morgan fingerprint density at radius 3 is 2.35 bits per heavy atom. The van der Waals surface area contributed by atoms with E-state index in [1.807, 2.05) is 0 Å². The minimum atomic E-state index is -4.72. The van der Waals surface area contributed by atoms with Crippen LogP contribution in [-0.4, -0.2) is 22.0 Å². The Bertz CT molecular complexity index is 1420. The second kappa shape index (κ2) is 9.03. The third kappa shape index (κ3) is 4.79. The highest BCUT2D eigenvalue weighted by Gasteiger charge is 2.36. The van der Waals surface area contributed by atoms with E-state index >= 15 is 0 Å². The van der Waals surface area contributed by atoms with Gasteiger partial charge in [0.1, 0.15) is 16.4 Å². The number of halogens is 3. The lowest BCUT2D eigenvalue weighted by Crippen LogP contribution is -2.13. The number of phenols is 1. The van der Waals surface area contributed by atoms with Crippen molar-refractivity contribution in [3.05, 3.63) is 94.4 Å². The van der Waals surface area contributed by atoms with Crippen LogP contribution in [-0.2, 0) is 11.0 Å². The normalized spacial score (nSPS) is 11.7. The Hall–Kier alpha value is -4.11. The smallest absolute Gasteiger partial charge is 0.417 e. The molecule has 0 unspecified atom stereocenters. The molecule has 3 aromatic carbocycles. The number of hydrogen-bond acceptors (Lipinski definition) is 5. The van der Waals surface area contributed by atoms with Crippen LogP contribution in [0.5, 0.6) is 17.2 Å². The second-order valence-corrected chi connectivity index (χ2v) is 8.21. The van der Waals surface area contributed by atoms with E-state index in [2.05, 4.69) is 0 Å². The summed E-state index contributed by atoms with van der Waals surface area (Å²) >= 11 is 0.916. The van der Waals surface area contributed by atoms with E-state index in [0.29, 0.717) is 21.4 Å². The van der Waals surface area contributed by atoms with E-state index in [-0.39, 0.29) is 16.4 Å². The van der Waals surface area contributed by atoms with Crippen molar-refractivity contribution >= 4 is 39.3 Å². The van der Waals surface area contributed by atoms with Crippen LogP contribution in [0.4, 0.5) is 13.2 Å². The number of ether oxygens (including phenoxy) is 1. The lowest BCUT2D eigenvalue weighted by molar-refractivity contribution is -0.138. The van der Waals surface area contributed by atoms with Crippen LogP contribution in [0.3, 0.4) is 0 Å². The number of fused-ring (bicyclic) bond motifs is 1. The summed E-state index contributed by atoms with van der Waals surface area (Å²) in [6, 6.07) is 15.1. The number of rotatable bonds is 6. The molecule has 0 bridgehead atoms. The maximum Gasteiger partial charge on any atom is 0.417 e. The summed E-state index contributed by atoms with van der Waals surface area (Å²) in [5.74, 6) is -1.67. The van der Waals surface area contributed by atoms with Crippen molar-refractivity contribution in [1.29, 1.82) is 0 Å². The molecule has 5 nitrogen and oxygen atoms in total. The summed E-state index contributed by atoms with van der Waals surface area (Å²) in [4.78, 5) is 23.9. The summed E-state index contributed by atoms with van der Waals surface area (Å²) in [7, 11) is 0. The standard InChI is InChI=1S/C25H15F3O5S/c26-25(27,28)19-4-2-1-3-17(19)22(32)24-23(18-11-8-15(29)13-20(18)34-24)33-16-9-5-14(6-10-16)7-12-21(30)31/h1-13,29H,(H,30,31)/b12-7+. The molecule has 9 heteroatoms. The summed E-state index contributed by atoms with van der Waals surface area (Å²) in [6.07, 6.45) is -2.36. The molecular weight excluding hydrogens is 469 g/mol. The molecule has 34 heavy (non-hydrogen) atoms. The molecule has 172 valence electrons. The molecule has 0 saturated heterocycles. The van der Waals surface area contributed by atoms with E-state index in [1.54, 1.807) is 24.3 Å². The minimum absolute atomic E-state index is 0.0489. The number of phenolic OH excluding ortho intramolecular Hbond substituents is 1. The van der Waals surface area contributed by atoms with Gasteiger partial charge in [0.15, 0.2) is 5.75 Å². The third-order valence-electron chi connectivity index (χ3n) is 4.83. The zero-order valence-corrected chi connectivity index (χ0v) is 18.0. The molecule has 0 radical (unpaired) electrons. The lowest BCUT2D eigenvalue weighted by atomic mass is 10.0. The average molecular weight is 484 g/mol. The van der Waals surface area contributed by atoms with Crippen LogP contribution in [0.25, 0.3) is 16.2 Å². The number of aliphatic carboxylic acids is 1. The van der Waals surface area contributed by atoms with Crippen molar-refractivity contribution < 1.29 is 37.7 Å². The topological polar surface area (TPSA) is 83.8 Å². The van der Waals surface area contributed by atoms with E-state index in [0.717, 1.165) is 29.5 Å². The highest BCUT2D eigenvalue weighted by molar-refractivity contribution is 7.21. The van der Waals surface area contributed by atoms with Gasteiger partial charge in [-0.1, -0.05) is 30.3 Å². The molecule has 0 fully saturated rings. The Labute approximate surface area is 195 Å². The Balaban J connectivity index is 1.79. The highest BCUT2D eigenvalue weighted by Crippen LogP contribution is 2.44. The Morgan fingerprint density at radius 2 is 1.68 bits per heavy atom. The van der Waals surface area contributed by atoms with Crippen LogP contribution in [0.15, 0.2) is 72.8 Å². The van der Waals surface area contributed by atoms with Gasteiger partial charge in [0, 0.05) is 21.7 Å². The van der Waals surface area contributed by atoms with Crippen LogP contribution in [0.2, 0.25) is 0 Å². The predicted octanol–water partition coefficient (Wildman–Crippen LogP) is 6.75. The van der Waals surface area contributed by atoms with Crippen molar-refractivity contribution in [3.63, 3.8) is 0 Å². The maximum absolute atomic E-state index is 13.5. The average Bonchev–Trinajstić information content (AvgIpc) is 3.14. The number of carbonyl (C=O) groups is 2. The number of alkyl halides is 3. The quantitative estimate of drug-likeness (QED) is 0.234. The van der Waals surface area contributed by atoms with Crippen molar-refractivity contribution in [3.8, 4) is 17.2 Å². The highest BCUT2D eigenvalue weighted by atomic mass is 32.1. The number of thiophene rings is 1. The van der Waals surface area contributed by atoms with Gasteiger partial charge in [0.25, 0.3) is 0 Å². The number of carboxylic acid groups (broad SMARTS) is 1. The first kappa shape index (κ1) is 23.1. The van der Waals surface area contributed by atoms with Crippen LogP contribution in [0.1, 0.15) is 26.4 Å². The van der Waals surface area contributed by atoms with Crippen LogP contribution in [0, 0.1) is 0 Å². The number of hydrogen-bond donors (Lipinski definition) is 2. The van der Waals surface area contributed by atoms with E-state index < -0.39 is 29.1 Å². The predicted molar refractivity (Wildman–Crippen MR) is 122 cm³/mol. The van der Waals surface area contributed by atoms with E-state index in [9.17, 15) is 27.9 Å². The molecule has 0 aliphatic carbocycles. The van der Waals surface area contributed by atoms with Crippen molar-refractivity contribution in [2.75, 3.05) is 0 Å². The number of ketones is 1. The molecule has 4 aromatic rings. The fraction of sp³-hybridized carbons (Fsp3) is 0.0400. The van der Waals surface area contributed by atoms with Crippen LogP contribution >= 0.6 is 11.3 Å². The van der Waals surface area contributed by atoms with Gasteiger partial charge in [0.05, 0.1) is 5.56 Å². The molecular formula is C25H15F3O5S. The monoisotopic (exact) mass is 484 g/mol. The number of carbonyl (C=O) groups excluding carboxylic acids is 1. The molecule has 0 atom stereocenters. The van der Waals surface area contributed by atoms with Crippen LogP contribution < -0.4 is 4.74 Å². The van der Waals surface area contributed by atoms with Crippen molar-refractivity contribution in [2.24, 2.45) is 0 Å². The number of benzene rings is 3. The first-order valence-electron chi connectivity index (χ1n) is 9.79. The minimum Gasteiger partial charge on any atom is -0.508 e. The second-order valence-electron chi connectivity index (χ2n) is 7.16. The maximum atomic E-state index is 13.5.